The van der Waals surface area contributed by atoms with Crippen LogP contribution >= 0.6 is 11.3 Å². The fourth-order valence-electron chi connectivity index (χ4n) is 2.49. The Morgan fingerprint density at radius 2 is 2.09 bits per heavy atom. The highest BCUT2D eigenvalue weighted by Gasteiger charge is 2.14. The second kappa shape index (κ2) is 5.77. The maximum atomic E-state index is 4.44. The van der Waals surface area contributed by atoms with Crippen molar-refractivity contribution in [1.82, 2.24) is 24.7 Å². The van der Waals surface area contributed by atoms with Crippen molar-refractivity contribution >= 4 is 28.2 Å². The minimum absolute atomic E-state index is 0.744. The summed E-state index contributed by atoms with van der Waals surface area (Å²) in [6.07, 6.45) is 5.11. The van der Waals surface area contributed by atoms with Crippen LogP contribution in [-0.4, -0.2) is 31.8 Å². The lowest BCUT2D eigenvalue weighted by atomic mass is 10.3. The number of hydrogen-bond acceptors (Lipinski definition) is 6. The van der Waals surface area contributed by atoms with E-state index in [-0.39, 0.29) is 0 Å². The van der Waals surface area contributed by atoms with Crippen LogP contribution in [0.4, 0.5) is 5.82 Å². The second-order valence-corrected chi connectivity index (χ2v) is 6.15. The Kier molecular flexibility index (Phi) is 3.47. The summed E-state index contributed by atoms with van der Waals surface area (Å²) >= 11 is 1.74. The molecule has 0 amide bonds. The Hall–Kier alpha value is -2.80. The topological polar surface area (TPSA) is 59.7 Å². The fourth-order valence-corrected chi connectivity index (χ4v) is 3.25. The predicted molar refractivity (Wildman–Crippen MR) is 90.9 cm³/mol. The van der Waals surface area contributed by atoms with Gasteiger partial charge in [0.2, 0.25) is 0 Å². The number of pyridine rings is 1. The van der Waals surface area contributed by atoms with Crippen LogP contribution in [0.3, 0.4) is 0 Å². The zero-order valence-corrected chi connectivity index (χ0v) is 13.3. The van der Waals surface area contributed by atoms with E-state index in [1.807, 2.05) is 25.2 Å². The molecule has 0 aliphatic rings. The number of anilines is 1. The van der Waals surface area contributed by atoms with Gasteiger partial charge in [0.25, 0.3) is 0 Å². The highest BCUT2D eigenvalue weighted by Crippen LogP contribution is 2.25. The SMILES string of the molecule is CN(Cc1cccs1)c1ncnc2c1cnn2-c1ccccn1. The van der Waals surface area contributed by atoms with Crippen LogP contribution in [0.2, 0.25) is 0 Å². The van der Waals surface area contributed by atoms with E-state index < -0.39 is 0 Å². The van der Waals surface area contributed by atoms with Crippen molar-refractivity contribution in [3.8, 4) is 5.82 Å². The molecular formula is C16H14N6S. The number of thiophene rings is 1. The second-order valence-electron chi connectivity index (χ2n) is 5.11. The summed E-state index contributed by atoms with van der Waals surface area (Å²) in [6, 6.07) is 9.90. The van der Waals surface area contributed by atoms with Crippen molar-refractivity contribution < 1.29 is 0 Å². The van der Waals surface area contributed by atoms with E-state index in [1.165, 1.54) is 4.88 Å². The molecule has 0 aromatic carbocycles. The highest BCUT2D eigenvalue weighted by atomic mass is 32.1. The summed E-state index contributed by atoms with van der Waals surface area (Å²) in [5, 5.41) is 7.43. The molecule has 0 saturated heterocycles. The average molecular weight is 322 g/mol. The molecule has 0 unspecified atom stereocenters. The normalized spacial score (nSPS) is 11.0. The summed E-state index contributed by atoms with van der Waals surface area (Å²) in [5.74, 6) is 1.61. The Morgan fingerprint density at radius 3 is 2.87 bits per heavy atom. The van der Waals surface area contributed by atoms with Crippen LogP contribution in [-0.2, 0) is 6.54 Å². The van der Waals surface area contributed by atoms with Gasteiger partial charge in [0.15, 0.2) is 11.5 Å². The van der Waals surface area contributed by atoms with Gasteiger partial charge in [0.1, 0.15) is 12.1 Å². The van der Waals surface area contributed by atoms with Crippen LogP contribution in [0.5, 0.6) is 0 Å². The monoisotopic (exact) mass is 322 g/mol. The summed E-state index contributed by atoms with van der Waals surface area (Å²) in [7, 11) is 2.03. The van der Waals surface area contributed by atoms with Crippen molar-refractivity contribution in [2.45, 2.75) is 6.54 Å². The van der Waals surface area contributed by atoms with Crippen molar-refractivity contribution in [1.29, 1.82) is 0 Å². The molecule has 0 aliphatic carbocycles. The third-order valence-electron chi connectivity index (χ3n) is 3.55. The summed E-state index contributed by atoms with van der Waals surface area (Å²) in [4.78, 5) is 16.6. The van der Waals surface area contributed by atoms with Gasteiger partial charge < -0.3 is 4.90 Å². The Balaban J connectivity index is 1.76. The van der Waals surface area contributed by atoms with Gasteiger partial charge in [-0.3, -0.25) is 0 Å². The molecule has 7 heteroatoms. The van der Waals surface area contributed by atoms with Gasteiger partial charge in [-0.05, 0) is 23.6 Å². The zero-order valence-electron chi connectivity index (χ0n) is 12.5. The van der Waals surface area contributed by atoms with E-state index in [0.29, 0.717) is 0 Å². The summed E-state index contributed by atoms with van der Waals surface area (Å²) in [5.41, 5.74) is 0.756. The molecule has 4 heterocycles. The van der Waals surface area contributed by atoms with Crippen LogP contribution in [0.15, 0.2) is 54.4 Å². The first-order chi connectivity index (χ1) is 11.3. The molecule has 6 nitrogen and oxygen atoms in total. The first-order valence-corrected chi connectivity index (χ1v) is 8.04. The van der Waals surface area contributed by atoms with E-state index in [1.54, 1.807) is 34.7 Å². The van der Waals surface area contributed by atoms with Gasteiger partial charge in [-0.15, -0.1) is 11.3 Å². The molecule has 114 valence electrons. The molecule has 0 saturated carbocycles. The minimum atomic E-state index is 0.744. The maximum Gasteiger partial charge on any atom is 0.170 e. The summed E-state index contributed by atoms with van der Waals surface area (Å²) < 4.78 is 1.74. The molecule has 0 fully saturated rings. The van der Waals surface area contributed by atoms with E-state index in [2.05, 4.69) is 42.5 Å². The third kappa shape index (κ3) is 2.55. The zero-order chi connectivity index (χ0) is 15.6. The molecule has 0 atom stereocenters. The van der Waals surface area contributed by atoms with Crippen molar-refractivity contribution in [2.24, 2.45) is 0 Å². The molecular weight excluding hydrogens is 308 g/mol. The summed E-state index contributed by atoms with van der Waals surface area (Å²) in [6.45, 7) is 0.804. The van der Waals surface area contributed by atoms with Crippen LogP contribution in [0.1, 0.15) is 4.88 Å². The lowest BCUT2D eigenvalue weighted by Gasteiger charge is -2.17. The number of fused-ring (bicyclic) bond motifs is 1. The average Bonchev–Trinajstić information content (AvgIpc) is 3.24. The highest BCUT2D eigenvalue weighted by molar-refractivity contribution is 7.09. The molecule has 4 rings (SSSR count). The van der Waals surface area contributed by atoms with E-state index >= 15 is 0 Å². The lowest BCUT2D eigenvalue weighted by molar-refractivity contribution is 0.860. The largest absolute Gasteiger partial charge is 0.354 e. The van der Waals surface area contributed by atoms with Gasteiger partial charge in [0, 0.05) is 18.1 Å². The quantitative estimate of drug-likeness (QED) is 0.578. The molecule has 4 aromatic heterocycles. The molecule has 4 aromatic rings. The van der Waals surface area contributed by atoms with Gasteiger partial charge >= 0.3 is 0 Å². The molecule has 0 spiro atoms. The minimum Gasteiger partial charge on any atom is -0.354 e. The Bertz CT molecular complexity index is 916. The Labute approximate surface area is 137 Å². The Morgan fingerprint density at radius 1 is 1.13 bits per heavy atom. The molecule has 0 radical (unpaired) electrons. The van der Waals surface area contributed by atoms with E-state index in [0.717, 1.165) is 29.2 Å². The van der Waals surface area contributed by atoms with Crippen molar-refractivity contribution in [3.05, 3.63) is 59.3 Å². The molecule has 0 aliphatic heterocycles. The standard InChI is InChI=1S/C16H14N6S/c1-21(10-12-5-4-8-23-12)15-13-9-20-22(16(13)19-11-18-15)14-6-2-3-7-17-14/h2-9,11H,10H2,1H3. The van der Waals surface area contributed by atoms with Crippen LogP contribution in [0, 0.1) is 0 Å². The third-order valence-corrected chi connectivity index (χ3v) is 4.41. The first kappa shape index (κ1) is 13.8. The number of rotatable bonds is 4. The molecule has 0 N–H and O–H groups in total. The van der Waals surface area contributed by atoms with Crippen molar-refractivity contribution in [3.63, 3.8) is 0 Å². The van der Waals surface area contributed by atoms with Crippen molar-refractivity contribution in [2.75, 3.05) is 11.9 Å². The maximum absolute atomic E-state index is 4.44. The number of nitrogens with zero attached hydrogens (tertiary/aromatic N) is 6. The number of aromatic nitrogens is 5. The van der Waals surface area contributed by atoms with Crippen LogP contribution in [0.25, 0.3) is 16.9 Å². The van der Waals surface area contributed by atoms with Gasteiger partial charge in [-0.2, -0.15) is 9.78 Å². The smallest absolute Gasteiger partial charge is 0.170 e. The molecule has 0 bridgehead atoms. The van der Waals surface area contributed by atoms with Gasteiger partial charge in [-0.1, -0.05) is 12.1 Å². The van der Waals surface area contributed by atoms with Gasteiger partial charge in [-0.25, -0.2) is 15.0 Å². The van der Waals surface area contributed by atoms with Gasteiger partial charge in [0.05, 0.1) is 18.1 Å². The first-order valence-electron chi connectivity index (χ1n) is 7.16. The van der Waals surface area contributed by atoms with Crippen LogP contribution < -0.4 is 4.90 Å². The predicted octanol–water partition coefficient (Wildman–Crippen LogP) is 2.91. The van der Waals surface area contributed by atoms with E-state index in [4.69, 9.17) is 0 Å². The molecule has 23 heavy (non-hydrogen) atoms. The fraction of sp³-hybridized carbons (Fsp3) is 0.125. The number of hydrogen-bond donors (Lipinski definition) is 0. The van der Waals surface area contributed by atoms with E-state index in [9.17, 15) is 0 Å². The lowest BCUT2D eigenvalue weighted by Crippen LogP contribution is -2.17.